The number of alkyl halides is 2. The number of para-hydroxylation sites is 1. The summed E-state index contributed by atoms with van der Waals surface area (Å²) in [4.78, 5) is 24.8. The van der Waals surface area contributed by atoms with Crippen LogP contribution in [-0.2, 0) is 16.1 Å². The number of aryl methyl sites for hydroxylation is 1. The van der Waals surface area contributed by atoms with Gasteiger partial charge in [-0.15, -0.1) is 0 Å². The molecule has 0 unspecified atom stereocenters. The van der Waals surface area contributed by atoms with E-state index in [1.165, 1.54) is 16.8 Å². The summed E-state index contributed by atoms with van der Waals surface area (Å²) in [6.45, 7) is 1.38. The minimum absolute atomic E-state index is 0.0686. The maximum absolute atomic E-state index is 12.7. The zero-order valence-corrected chi connectivity index (χ0v) is 17.9. The highest BCUT2D eigenvalue weighted by Gasteiger charge is 2.23. The molecule has 6 nitrogen and oxygen atoms in total. The van der Waals surface area contributed by atoms with Crippen molar-refractivity contribution >= 4 is 40.9 Å². The number of carbonyl (C=O) groups excluding carboxylic acids is 2. The molecule has 0 saturated carbocycles. The first-order valence-electron chi connectivity index (χ1n) is 9.12. The Bertz CT molecular complexity index is 1080. The molecule has 0 atom stereocenters. The van der Waals surface area contributed by atoms with Crippen molar-refractivity contribution in [2.45, 2.75) is 24.1 Å². The highest BCUT2D eigenvalue weighted by atomic mass is 35.5. The topological polar surface area (TPSA) is 73.2 Å². The molecule has 0 fully saturated rings. The van der Waals surface area contributed by atoms with E-state index in [0.717, 1.165) is 5.56 Å². The van der Waals surface area contributed by atoms with Crippen LogP contribution in [0.25, 0.3) is 0 Å². The second-order valence-electron chi connectivity index (χ2n) is 6.39. The van der Waals surface area contributed by atoms with Gasteiger partial charge in [0.05, 0.1) is 17.9 Å². The van der Waals surface area contributed by atoms with Gasteiger partial charge < -0.3 is 10.1 Å². The van der Waals surface area contributed by atoms with Crippen LogP contribution in [0.5, 0.6) is 0 Å². The Balaban J connectivity index is 1.63. The molecule has 0 saturated heterocycles. The van der Waals surface area contributed by atoms with Crippen LogP contribution in [0.1, 0.15) is 21.6 Å². The van der Waals surface area contributed by atoms with E-state index in [-0.39, 0.29) is 21.3 Å². The molecular weight excluding hydrogens is 448 g/mol. The summed E-state index contributed by atoms with van der Waals surface area (Å²) in [5.74, 6) is -4.10. The second kappa shape index (κ2) is 10.4. The van der Waals surface area contributed by atoms with Crippen LogP contribution in [0.4, 0.5) is 14.5 Å². The number of hydrogen-bond acceptors (Lipinski definition) is 5. The maximum Gasteiger partial charge on any atom is 0.343 e. The van der Waals surface area contributed by atoms with E-state index < -0.39 is 24.2 Å². The molecule has 0 aliphatic carbocycles. The van der Waals surface area contributed by atoms with E-state index >= 15 is 0 Å². The number of benzene rings is 2. The van der Waals surface area contributed by atoms with Crippen molar-refractivity contribution in [3.63, 3.8) is 0 Å². The van der Waals surface area contributed by atoms with E-state index in [2.05, 4.69) is 10.4 Å². The first kappa shape index (κ1) is 22.8. The van der Waals surface area contributed by atoms with Crippen LogP contribution in [0.15, 0.2) is 59.5 Å². The largest absolute Gasteiger partial charge is 0.452 e. The fourth-order valence-electron chi connectivity index (χ4n) is 2.80. The Morgan fingerprint density at radius 3 is 2.55 bits per heavy atom. The number of esters is 1. The van der Waals surface area contributed by atoms with Gasteiger partial charge in [0.15, 0.2) is 6.61 Å². The average molecular weight is 466 g/mol. The number of nitrogens with zero attached hydrogens (tertiary/aromatic N) is 2. The monoisotopic (exact) mass is 465 g/mol. The molecule has 3 aromatic rings. The first-order valence-corrected chi connectivity index (χ1v) is 10.4. The highest BCUT2D eigenvalue weighted by molar-refractivity contribution is 7.99. The molecule has 3 rings (SSSR count). The van der Waals surface area contributed by atoms with Gasteiger partial charge >= 0.3 is 5.97 Å². The van der Waals surface area contributed by atoms with Gasteiger partial charge in [-0.1, -0.05) is 65.8 Å². The lowest BCUT2D eigenvalue weighted by molar-refractivity contribution is -0.119. The van der Waals surface area contributed by atoms with Crippen molar-refractivity contribution in [3.05, 3.63) is 76.6 Å². The lowest BCUT2D eigenvalue weighted by atomic mass is 10.2. The zero-order chi connectivity index (χ0) is 22.4. The van der Waals surface area contributed by atoms with Crippen molar-refractivity contribution in [2.24, 2.45) is 0 Å². The molecule has 1 aromatic heterocycles. The Morgan fingerprint density at radius 1 is 1.16 bits per heavy atom. The zero-order valence-electron chi connectivity index (χ0n) is 16.3. The Morgan fingerprint density at radius 2 is 1.84 bits per heavy atom. The number of hydrogen-bond donors (Lipinski definition) is 1. The molecule has 0 spiro atoms. The number of halogens is 3. The molecule has 0 radical (unpaired) electrons. The van der Waals surface area contributed by atoms with Crippen LogP contribution < -0.4 is 5.32 Å². The third-order valence-electron chi connectivity index (χ3n) is 4.16. The van der Waals surface area contributed by atoms with Gasteiger partial charge in [-0.05, 0) is 24.6 Å². The summed E-state index contributed by atoms with van der Waals surface area (Å²) in [5.41, 5.74) is 1.59. The molecule has 1 heterocycles. The Labute approximate surface area is 186 Å². The number of carbonyl (C=O) groups is 2. The van der Waals surface area contributed by atoms with Gasteiger partial charge in [-0.25, -0.2) is 9.48 Å². The fourth-order valence-corrected chi connectivity index (χ4v) is 3.71. The van der Waals surface area contributed by atoms with E-state index in [9.17, 15) is 18.4 Å². The van der Waals surface area contributed by atoms with Crippen molar-refractivity contribution in [1.29, 1.82) is 0 Å². The first-order chi connectivity index (χ1) is 14.8. The quantitative estimate of drug-likeness (QED) is 0.374. The van der Waals surface area contributed by atoms with Gasteiger partial charge in [0.25, 0.3) is 11.7 Å². The minimum Gasteiger partial charge on any atom is -0.452 e. The van der Waals surface area contributed by atoms with Crippen LogP contribution in [-0.4, -0.2) is 34.0 Å². The van der Waals surface area contributed by atoms with Crippen LogP contribution >= 0.6 is 23.4 Å². The van der Waals surface area contributed by atoms with Crippen LogP contribution in [0, 0.1) is 6.92 Å². The number of ether oxygens (including phenoxy) is 1. The Kier molecular flexibility index (Phi) is 7.64. The summed E-state index contributed by atoms with van der Waals surface area (Å²) < 4.78 is 31.8. The Hall–Kier alpha value is -2.91. The second-order valence-corrected chi connectivity index (χ2v) is 7.78. The lowest BCUT2D eigenvalue weighted by Crippen LogP contribution is -2.21. The van der Waals surface area contributed by atoms with E-state index in [4.69, 9.17) is 16.3 Å². The summed E-state index contributed by atoms with van der Waals surface area (Å²) >= 11 is 6.63. The number of aromatic nitrogens is 2. The average Bonchev–Trinajstić information content (AvgIpc) is 3.01. The smallest absolute Gasteiger partial charge is 0.343 e. The van der Waals surface area contributed by atoms with Crippen LogP contribution in [0.2, 0.25) is 5.15 Å². The van der Waals surface area contributed by atoms with Crippen molar-refractivity contribution in [1.82, 2.24) is 9.78 Å². The predicted octanol–water partition coefficient (Wildman–Crippen LogP) is 5.00. The molecular formula is C21H18ClF2N3O3S. The lowest BCUT2D eigenvalue weighted by Gasteiger charge is -2.10. The molecule has 0 aliphatic heterocycles. The summed E-state index contributed by atoms with van der Waals surface area (Å²) in [5, 5.41) is 6.84. The third-order valence-corrected chi connectivity index (χ3v) is 5.33. The minimum atomic E-state index is -2.63. The third kappa shape index (κ3) is 6.05. The number of rotatable bonds is 8. The fraction of sp³-hybridized carbons (Fsp3) is 0.190. The molecule has 1 N–H and O–H groups in total. The highest BCUT2D eigenvalue weighted by Crippen LogP contribution is 2.31. The van der Waals surface area contributed by atoms with Gasteiger partial charge in [0, 0.05) is 4.90 Å². The van der Waals surface area contributed by atoms with Gasteiger partial charge in [-0.2, -0.15) is 13.9 Å². The molecule has 1 amide bonds. The van der Waals surface area contributed by atoms with E-state index in [1.54, 1.807) is 19.1 Å². The number of amides is 1. The van der Waals surface area contributed by atoms with Gasteiger partial charge in [0.1, 0.15) is 10.7 Å². The van der Waals surface area contributed by atoms with Crippen molar-refractivity contribution in [3.8, 4) is 0 Å². The molecule has 31 heavy (non-hydrogen) atoms. The summed E-state index contributed by atoms with van der Waals surface area (Å²) in [7, 11) is 0. The SMILES string of the molecule is Cc1nn(Cc2ccccc2)c(Cl)c1C(=O)OCC(=O)Nc1ccccc1SC(F)F. The molecule has 2 aromatic carbocycles. The molecule has 0 bridgehead atoms. The number of anilines is 1. The van der Waals surface area contributed by atoms with Crippen LogP contribution in [0.3, 0.4) is 0 Å². The van der Waals surface area contributed by atoms with Gasteiger partial charge in [0.2, 0.25) is 0 Å². The summed E-state index contributed by atoms with van der Waals surface area (Å²) in [6.07, 6.45) is 0. The van der Waals surface area contributed by atoms with E-state index in [0.29, 0.717) is 24.0 Å². The molecule has 162 valence electrons. The molecule has 10 heteroatoms. The standard InChI is InChI=1S/C21H18ClF2N3O3S/c1-13-18(19(22)27(26-13)11-14-7-3-2-4-8-14)20(29)30-12-17(28)25-15-9-5-6-10-16(15)31-21(23)24/h2-10,21H,11-12H2,1H3,(H,25,28). The van der Waals surface area contributed by atoms with Crippen molar-refractivity contribution < 1.29 is 23.1 Å². The molecule has 0 aliphatic rings. The maximum atomic E-state index is 12.7. The summed E-state index contributed by atoms with van der Waals surface area (Å²) in [6, 6.07) is 15.6. The number of thioether (sulfide) groups is 1. The number of nitrogens with one attached hydrogen (secondary N) is 1. The van der Waals surface area contributed by atoms with Gasteiger partial charge in [-0.3, -0.25) is 4.79 Å². The van der Waals surface area contributed by atoms with E-state index in [1.807, 2.05) is 30.3 Å². The van der Waals surface area contributed by atoms with Crippen molar-refractivity contribution in [2.75, 3.05) is 11.9 Å². The predicted molar refractivity (Wildman–Crippen MR) is 115 cm³/mol. The normalized spacial score (nSPS) is 10.9.